The average Bonchev–Trinajstić information content (AvgIpc) is 2.05. The molecular formula is C10H10F3IO. The van der Waals surface area contributed by atoms with Gasteiger partial charge < -0.3 is 4.74 Å². The van der Waals surface area contributed by atoms with Gasteiger partial charge in [0.25, 0.3) is 0 Å². The second-order valence-electron chi connectivity index (χ2n) is 3.39. The third-order valence-electron chi connectivity index (χ3n) is 1.82. The number of benzene rings is 1. The molecule has 0 spiro atoms. The summed E-state index contributed by atoms with van der Waals surface area (Å²) in [6, 6.07) is 4.37. The third-order valence-corrected chi connectivity index (χ3v) is 2.81. The molecule has 0 radical (unpaired) electrons. The van der Waals surface area contributed by atoms with Gasteiger partial charge in [0.1, 0.15) is 5.75 Å². The van der Waals surface area contributed by atoms with Crippen LogP contribution in [0.4, 0.5) is 13.2 Å². The molecule has 0 atom stereocenters. The van der Waals surface area contributed by atoms with Gasteiger partial charge in [0.2, 0.25) is 0 Å². The van der Waals surface area contributed by atoms with Crippen molar-refractivity contribution in [3.05, 3.63) is 27.3 Å². The molecule has 0 aromatic heterocycles. The van der Waals surface area contributed by atoms with Gasteiger partial charge in [-0.3, -0.25) is 0 Å². The highest BCUT2D eigenvalue weighted by Gasteiger charge is 2.31. The van der Waals surface area contributed by atoms with Crippen molar-refractivity contribution in [2.75, 3.05) is 0 Å². The van der Waals surface area contributed by atoms with Gasteiger partial charge in [-0.2, -0.15) is 0 Å². The van der Waals surface area contributed by atoms with Crippen LogP contribution in [0.1, 0.15) is 25.3 Å². The summed E-state index contributed by atoms with van der Waals surface area (Å²) >= 11 is 2.09. The molecule has 84 valence electrons. The minimum Gasteiger partial charge on any atom is -0.406 e. The fourth-order valence-corrected chi connectivity index (χ4v) is 2.12. The zero-order valence-electron chi connectivity index (χ0n) is 8.23. The van der Waals surface area contributed by atoms with Crippen LogP contribution in [0.3, 0.4) is 0 Å². The van der Waals surface area contributed by atoms with E-state index in [0.29, 0.717) is 0 Å². The standard InChI is InChI=1S/C10H10F3IO/c1-6(2)8-5-7(3-4-9(8)14)15-10(11,12)13/h3-6H,1-2H3. The van der Waals surface area contributed by atoms with Gasteiger partial charge in [-0.1, -0.05) is 13.8 Å². The first-order valence-electron chi connectivity index (χ1n) is 4.35. The predicted octanol–water partition coefficient (Wildman–Crippen LogP) is 4.31. The lowest BCUT2D eigenvalue weighted by Crippen LogP contribution is -2.17. The number of halogens is 4. The van der Waals surface area contributed by atoms with E-state index in [1.807, 2.05) is 13.8 Å². The van der Waals surface area contributed by atoms with Gasteiger partial charge in [-0.05, 0) is 52.3 Å². The van der Waals surface area contributed by atoms with Crippen molar-refractivity contribution in [2.45, 2.75) is 26.1 Å². The molecule has 1 aromatic rings. The summed E-state index contributed by atoms with van der Waals surface area (Å²) in [4.78, 5) is 0. The van der Waals surface area contributed by atoms with Crippen LogP contribution in [-0.2, 0) is 0 Å². The highest BCUT2D eigenvalue weighted by molar-refractivity contribution is 14.1. The number of alkyl halides is 3. The maximum absolute atomic E-state index is 12.0. The number of hydrogen-bond donors (Lipinski definition) is 0. The molecule has 0 amide bonds. The third kappa shape index (κ3) is 3.89. The Kier molecular flexibility index (Phi) is 3.86. The number of hydrogen-bond acceptors (Lipinski definition) is 1. The summed E-state index contributed by atoms with van der Waals surface area (Å²) in [6.07, 6.45) is -4.62. The zero-order valence-corrected chi connectivity index (χ0v) is 10.4. The Bertz CT molecular complexity index is 347. The average molecular weight is 330 g/mol. The van der Waals surface area contributed by atoms with Crippen LogP contribution in [0, 0.1) is 3.57 Å². The molecule has 1 rings (SSSR count). The van der Waals surface area contributed by atoms with E-state index in [-0.39, 0.29) is 11.7 Å². The van der Waals surface area contributed by atoms with Crippen molar-refractivity contribution in [3.8, 4) is 5.75 Å². The summed E-state index contributed by atoms with van der Waals surface area (Å²) in [6.45, 7) is 3.85. The smallest absolute Gasteiger partial charge is 0.406 e. The molecule has 0 aliphatic carbocycles. The minimum absolute atomic E-state index is 0.161. The normalized spacial score (nSPS) is 11.9. The Morgan fingerprint density at radius 1 is 1.27 bits per heavy atom. The summed E-state index contributed by atoms with van der Waals surface area (Å²) in [5.41, 5.74) is 0.859. The van der Waals surface area contributed by atoms with E-state index in [0.717, 1.165) is 9.13 Å². The van der Waals surface area contributed by atoms with E-state index in [2.05, 4.69) is 27.3 Å². The molecule has 15 heavy (non-hydrogen) atoms. The maximum atomic E-state index is 12.0. The minimum atomic E-state index is -4.62. The molecule has 5 heteroatoms. The highest BCUT2D eigenvalue weighted by atomic mass is 127. The van der Waals surface area contributed by atoms with Crippen molar-refractivity contribution in [3.63, 3.8) is 0 Å². The number of ether oxygens (including phenoxy) is 1. The molecule has 0 aliphatic rings. The van der Waals surface area contributed by atoms with Crippen LogP contribution in [0.25, 0.3) is 0 Å². The van der Waals surface area contributed by atoms with E-state index in [1.165, 1.54) is 12.1 Å². The Balaban J connectivity index is 2.98. The van der Waals surface area contributed by atoms with Crippen LogP contribution < -0.4 is 4.74 Å². The molecule has 0 saturated carbocycles. The second kappa shape index (κ2) is 4.59. The number of rotatable bonds is 2. The van der Waals surface area contributed by atoms with Crippen LogP contribution in [-0.4, -0.2) is 6.36 Å². The fraction of sp³-hybridized carbons (Fsp3) is 0.400. The lowest BCUT2D eigenvalue weighted by molar-refractivity contribution is -0.274. The van der Waals surface area contributed by atoms with Gasteiger partial charge in [0, 0.05) is 3.57 Å². The van der Waals surface area contributed by atoms with Crippen LogP contribution in [0.5, 0.6) is 5.75 Å². The first-order chi connectivity index (χ1) is 6.79. The molecule has 0 unspecified atom stereocenters. The largest absolute Gasteiger partial charge is 0.573 e. The van der Waals surface area contributed by atoms with Crippen molar-refractivity contribution in [1.29, 1.82) is 0 Å². The Morgan fingerprint density at radius 3 is 2.33 bits per heavy atom. The molecule has 0 bridgehead atoms. The highest BCUT2D eigenvalue weighted by Crippen LogP contribution is 2.29. The molecule has 1 nitrogen and oxygen atoms in total. The van der Waals surface area contributed by atoms with Crippen molar-refractivity contribution >= 4 is 22.6 Å². The van der Waals surface area contributed by atoms with E-state index >= 15 is 0 Å². The zero-order chi connectivity index (χ0) is 11.6. The molecule has 0 saturated heterocycles. The van der Waals surface area contributed by atoms with Crippen molar-refractivity contribution in [2.24, 2.45) is 0 Å². The summed E-state index contributed by atoms with van der Waals surface area (Å²) in [5, 5.41) is 0. The quantitative estimate of drug-likeness (QED) is 0.734. The van der Waals surface area contributed by atoms with Gasteiger partial charge in [-0.25, -0.2) is 0 Å². The molecule has 0 fully saturated rings. The lowest BCUT2D eigenvalue weighted by Gasteiger charge is -2.13. The van der Waals surface area contributed by atoms with Crippen LogP contribution in [0.2, 0.25) is 0 Å². The first-order valence-corrected chi connectivity index (χ1v) is 5.42. The summed E-state index contributed by atoms with van der Waals surface area (Å²) < 4.78 is 40.6. The van der Waals surface area contributed by atoms with E-state index in [9.17, 15) is 13.2 Å². The van der Waals surface area contributed by atoms with Gasteiger partial charge in [-0.15, -0.1) is 13.2 Å². The summed E-state index contributed by atoms with van der Waals surface area (Å²) in [7, 11) is 0. The first kappa shape index (κ1) is 12.6. The molecule has 1 aromatic carbocycles. The van der Waals surface area contributed by atoms with Crippen LogP contribution >= 0.6 is 22.6 Å². The molecule has 0 aliphatic heterocycles. The Labute approximate surface area is 99.8 Å². The lowest BCUT2D eigenvalue weighted by atomic mass is 10.0. The maximum Gasteiger partial charge on any atom is 0.573 e. The van der Waals surface area contributed by atoms with Gasteiger partial charge >= 0.3 is 6.36 Å². The molecule has 0 N–H and O–H groups in total. The van der Waals surface area contributed by atoms with Crippen LogP contribution in [0.15, 0.2) is 18.2 Å². The molecular weight excluding hydrogens is 320 g/mol. The van der Waals surface area contributed by atoms with Crippen molar-refractivity contribution < 1.29 is 17.9 Å². The SMILES string of the molecule is CC(C)c1cc(OC(F)(F)F)ccc1I. The Hall–Kier alpha value is -0.460. The van der Waals surface area contributed by atoms with E-state index in [1.54, 1.807) is 6.07 Å². The van der Waals surface area contributed by atoms with E-state index < -0.39 is 6.36 Å². The Morgan fingerprint density at radius 2 is 1.87 bits per heavy atom. The monoisotopic (exact) mass is 330 g/mol. The topological polar surface area (TPSA) is 9.23 Å². The second-order valence-corrected chi connectivity index (χ2v) is 4.55. The molecule has 0 heterocycles. The van der Waals surface area contributed by atoms with Crippen molar-refractivity contribution in [1.82, 2.24) is 0 Å². The predicted molar refractivity (Wildman–Crippen MR) is 59.9 cm³/mol. The van der Waals surface area contributed by atoms with Gasteiger partial charge in [0.05, 0.1) is 0 Å². The van der Waals surface area contributed by atoms with E-state index in [4.69, 9.17) is 0 Å². The summed E-state index contributed by atoms with van der Waals surface area (Å²) in [5.74, 6) is 0.0142. The van der Waals surface area contributed by atoms with Gasteiger partial charge in [0.15, 0.2) is 0 Å². The fourth-order valence-electron chi connectivity index (χ4n) is 1.16.